The Morgan fingerprint density at radius 3 is 2.35 bits per heavy atom. The number of carboxylic acids is 1. The Morgan fingerprint density at radius 1 is 1.29 bits per heavy atom. The van der Waals surface area contributed by atoms with Gasteiger partial charge in [-0.15, -0.1) is 0 Å². The minimum atomic E-state index is -2.15. The van der Waals surface area contributed by atoms with Gasteiger partial charge in [-0.05, 0) is 13.0 Å². The van der Waals surface area contributed by atoms with E-state index in [0.717, 1.165) is 13.0 Å². The average molecular weight is 242 g/mol. The third-order valence-electron chi connectivity index (χ3n) is 2.28. The van der Waals surface area contributed by atoms with Crippen LogP contribution in [0.4, 0.5) is 4.39 Å². The normalized spacial score (nSPS) is 14.1. The first-order chi connectivity index (χ1) is 7.86. The highest BCUT2D eigenvalue weighted by molar-refractivity contribution is 5.94. The van der Waals surface area contributed by atoms with Gasteiger partial charge in [0.1, 0.15) is 11.9 Å². The first-order valence-corrected chi connectivity index (χ1v) is 4.74. The van der Waals surface area contributed by atoms with Crippen LogP contribution in [-0.4, -0.2) is 33.2 Å². The number of ketones is 1. The van der Waals surface area contributed by atoms with Gasteiger partial charge in [-0.25, -0.2) is 9.18 Å². The van der Waals surface area contributed by atoms with E-state index in [1.54, 1.807) is 0 Å². The largest absolute Gasteiger partial charge is 0.479 e. The summed E-state index contributed by atoms with van der Waals surface area (Å²) in [6.45, 7) is 1.14. The highest BCUT2D eigenvalue weighted by Crippen LogP contribution is 2.23. The Balaban J connectivity index is 3.19. The molecule has 6 heteroatoms. The lowest BCUT2D eigenvalue weighted by Gasteiger charge is -2.15. The average Bonchev–Trinajstić information content (AvgIpc) is 2.26. The summed E-state index contributed by atoms with van der Waals surface area (Å²) in [7, 11) is 0. The van der Waals surface area contributed by atoms with E-state index < -0.39 is 35.3 Å². The second-order valence-corrected chi connectivity index (χ2v) is 3.49. The van der Waals surface area contributed by atoms with E-state index in [-0.39, 0.29) is 5.56 Å². The summed E-state index contributed by atoms with van der Waals surface area (Å²) >= 11 is 0. The van der Waals surface area contributed by atoms with E-state index in [4.69, 9.17) is 10.2 Å². The molecule has 3 N–H and O–H groups in total. The van der Waals surface area contributed by atoms with Gasteiger partial charge >= 0.3 is 5.97 Å². The van der Waals surface area contributed by atoms with Gasteiger partial charge in [-0.3, -0.25) is 4.79 Å². The van der Waals surface area contributed by atoms with Gasteiger partial charge in [-0.1, -0.05) is 12.1 Å². The molecule has 0 heterocycles. The fraction of sp³-hybridized carbons (Fsp3) is 0.273. The summed E-state index contributed by atoms with van der Waals surface area (Å²) in [4.78, 5) is 21.5. The summed E-state index contributed by atoms with van der Waals surface area (Å²) in [5.41, 5.74) is -0.688. The van der Waals surface area contributed by atoms with Crippen LogP contribution in [0.3, 0.4) is 0 Å². The summed E-state index contributed by atoms with van der Waals surface area (Å²) < 4.78 is 13.7. The number of Topliss-reactive ketones (excluding diaryl/α,β-unsaturated/α-hetero) is 1. The third kappa shape index (κ3) is 2.66. The van der Waals surface area contributed by atoms with Gasteiger partial charge in [0, 0.05) is 5.56 Å². The molecule has 2 unspecified atom stereocenters. The minimum Gasteiger partial charge on any atom is -0.479 e. The number of carbonyl (C=O) groups excluding carboxylic acids is 1. The van der Waals surface area contributed by atoms with Gasteiger partial charge in [0.2, 0.25) is 0 Å². The van der Waals surface area contributed by atoms with Gasteiger partial charge in [0.15, 0.2) is 11.9 Å². The van der Waals surface area contributed by atoms with E-state index >= 15 is 0 Å². The number of aliphatic hydroxyl groups is 2. The fourth-order valence-electron chi connectivity index (χ4n) is 1.36. The Labute approximate surface area is 96.1 Å². The molecule has 92 valence electrons. The van der Waals surface area contributed by atoms with Crippen molar-refractivity contribution in [2.24, 2.45) is 0 Å². The van der Waals surface area contributed by atoms with E-state index in [2.05, 4.69) is 0 Å². The highest BCUT2D eigenvalue weighted by atomic mass is 19.1. The number of hydrogen-bond donors (Lipinski definition) is 3. The van der Waals surface area contributed by atoms with Crippen LogP contribution < -0.4 is 0 Å². The predicted molar refractivity (Wildman–Crippen MR) is 55.0 cm³/mol. The van der Waals surface area contributed by atoms with Crippen LogP contribution in [0, 0.1) is 5.82 Å². The molecular formula is C11H11FO5. The lowest BCUT2D eigenvalue weighted by Crippen LogP contribution is -2.28. The zero-order valence-electron chi connectivity index (χ0n) is 8.92. The molecule has 0 aliphatic heterocycles. The number of halogens is 1. The number of carboxylic acid groups (broad SMARTS) is 1. The molecule has 0 saturated carbocycles. The smallest absolute Gasteiger partial charge is 0.335 e. The quantitative estimate of drug-likeness (QED) is 0.668. The van der Waals surface area contributed by atoms with E-state index in [9.17, 15) is 19.1 Å². The van der Waals surface area contributed by atoms with Gasteiger partial charge in [0.25, 0.3) is 0 Å². The zero-order valence-corrected chi connectivity index (χ0v) is 8.92. The molecule has 0 fully saturated rings. The maximum atomic E-state index is 13.7. The molecule has 2 atom stereocenters. The third-order valence-corrected chi connectivity index (χ3v) is 2.28. The van der Waals surface area contributed by atoms with Gasteiger partial charge in [0.05, 0.1) is 5.56 Å². The van der Waals surface area contributed by atoms with Crippen LogP contribution >= 0.6 is 0 Å². The van der Waals surface area contributed by atoms with Crippen molar-refractivity contribution in [1.29, 1.82) is 0 Å². The van der Waals surface area contributed by atoms with Crippen molar-refractivity contribution in [1.82, 2.24) is 0 Å². The topological polar surface area (TPSA) is 94.8 Å². The Kier molecular flexibility index (Phi) is 3.93. The molecule has 17 heavy (non-hydrogen) atoms. The van der Waals surface area contributed by atoms with Crippen molar-refractivity contribution < 1.29 is 29.3 Å². The van der Waals surface area contributed by atoms with Crippen molar-refractivity contribution in [3.63, 3.8) is 0 Å². The van der Waals surface area contributed by atoms with Crippen LogP contribution in [0.15, 0.2) is 18.2 Å². The van der Waals surface area contributed by atoms with Crippen molar-refractivity contribution in [3.05, 3.63) is 35.1 Å². The Bertz CT molecular complexity index is 457. The number of carbonyl (C=O) groups is 2. The number of rotatable bonds is 4. The molecule has 0 aromatic heterocycles. The maximum absolute atomic E-state index is 13.7. The molecular weight excluding hydrogens is 231 g/mol. The molecule has 1 aromatic carbocycles. The lowest BCUT2D eigenvalue weighted by molar-refractivity contribution is -0.153. The van der Waals surface area contributed by atoms with E-state index in [1.807, 2.05) is 0 Å². The number of aliphatic carboxylic acids is 1. The van der Waals surface area contributed by atoms with E-state index in [0.29, 0.717) is 0 Å². The maximum Gasteiger partial charge on any atom is 0.335 e. The van der Waals surface area contributed by atoms with Crippen molar-refractivity contribution in [2.45, 2.75) is 19.1 Å². The van der Waals surface area contributed by atoms with Crippen LogP contribution in [0.1, 0.15) is 28.9 Å². The molecule has 1 aromatic rings. The molecule has 1 rings (SSSR count). The van der Waals surface area contributed by atoms with Crippen LogP contribution in [0.5, 0.6) is 0 Å². The number of aliphatic hydroxyl groups excluding tert-OH is 2. The molecule has 0 saturated heterocycles. The predicted octanol–water partition coefficient (Wildman–Crippen LogP) is 0.507. The zero-order chi connectivity index (χ0) is 13.2. The van der Waals surface area contributed by atoms with Crippen LogP contribution in [0.25, 0.3) is 0 Å². The second-order valence-electron chi connectivity index (χ2n) is 3.49. The van der Waals surface area contributed by atoms with Crippen molar-refractivity contribution in [2.75, 3.05) is 0 Å². The van der Waals surface area contributed by atoms with Crippen LogP contribution in [-0.2, 0) is 4.79 Å². The van der Waals surface area contributed by atoms with E-state index in [1.165, 1.54) is 12.1 Å². The Morgan fingerprint density at radius 2 is 1.88 bits per heavy atom. The van der Waals surface area contributed by atoms with Crippen LogP contribution in [0.2, 0.25) is 0 Å². The standard InChI is InChI=1S/C11H11FO5/c1-5(13)6-3-2-4-7(8(6)12)9(14)10(15)11(16)17/h2-4,9-10,14-15H,1H3,(H,16,17). The fourth-order valence-corrected chi connectivity index (χ4v) is 1.36. The molecule has 0 radical (unpaired) electrons. The summed E-state index contributed by atoms with van der Waals surface area (Å²) in [5.74, 6) is -3.25. The lowest BCUT2D eigenvalue weighted by atomic mass is 9.99. The number of benzene rings is 1. The second kappa shape index (κ2) is 5.03. The molecule has 5 nitrogen and oxygen atoms in total. The first-order valence-electron chi connectivity index (χ1n) is 4.74. The Hall–Kier alpha value is -1.79. The molecule has 0 amide bonds. The number of hydrogen-bond acceptors (Lipinski definition) is 4. The highest BCUT2D eigenvalue weighted by Gasteiger charge is 2.28. The molecule has 0 bridgehead atoms. The summed E-state index contributed by atoms with van der Waals surface area (Å²) in [5, 5.41) is 27.0. The van der Waals surface area contributed by atoms with Crippen molar-refractivity contribution in [3.8, 4) is 0 Å². The monoisotopic (exact) mass is 242 g/mol. The summed E-state index contributed by atoms with van der Waals surface area (Å²) in [6, 6.07) is 3.62. The van der Waals surface area contributed by atoms with Crippen molar-refractivity contribution >= 4 is 11.8 Å². The first kappa shape index (κ1) is 13.3. The molecule has 0 spiro atoms. The van der Waals surface area contributed by atoms with Gasteiger partial charge < -0.3 is 15.3 Å². The minimum absolute atomic E-state index is 0.265. The summed E-state index contributed by atoms with van der Waals surface area (Å²) in [6.07, 6.45) is -4.07. The molecule has 0 aliphatic rings. The van der Waals surface area contributed by atoms with Gasteiger partial charge in [-0.2, -0.15) is 0 Å². The molecule has 0 aliphatic carbocycles. The SMILES string of the molecule is CC(=O)c1cccc(C(O)C(O)C(=O)O)c1F.